The van der Waals surface area contributed by atoms with Gasteiger partial charge in [-0.2, -0.15) is 0 Å². The van der Waals surface area contributed by atoms with Gasteiger partial charge in [-0.3, -0.25) is 0 Å². The van der Waals surface area contributed by atoms with E-state index in [9.17, 15) is 0 Å². The Labute approximate surface area is 133 Å². The molecule has 3 nitrogen and oxygen atoms in total. The molecule has 102 valence electrons. The summed E-state index contributed by atoms with van der Waals surface area (Å²) in [6.45, 7) is 0. The van der Waals surface area contributed by atoms with E-state index in [1.807, 2.05) is 12.1 Å². The fraction of sp³-hybridized carbons (Fsp3) is 0. The van der Waals surface area contributed by atoms with E-state index in [1.54, 1.807) is 18.2 Å². The lowest BCUT2D eigenvalue weighted by atomic mass is 10.1. The van der Waals surface area contributed by atoms with Gasteiger partial charge in [0, 0.05) is 0 Å². The second-order valence-electron chi connectivity index (χ2n) is 4.00. The van der Waals surface area contributed by atoms with Gasteiger partial charge in [-0.1, -0.05) is 46.0 Å². The van der Waals surface area contributed by atoms with E-state index in [-0.39, 0.29) is 0 Å². The third-order valence-electron chi connectivity index (χ3n) is 2.72. The molecular formula is C13H7Cl3N2OS. The van der Waals surface area contributed by atoms with Gasteiger partial charge in [0.25, 0.3) is 0 Å². The number of nitrogen functional groups attached to an aromatic ring is 1. The summed E-state index contributed by atoms with van der Waals surface area (Å²) >= 11 is 19.3. The van der Waals surface area contributed by atoms with Crippen molar-refractivity contribution >= 4 is 52.0 Å². The number of nitrogens with two attached hydrogens (primary N) is 1. The predicted molar refractivity (Wildman–Crippen MR) is 84.7 cm³/mol. The van der Waals surface area contributed by atoms with Crippen LogP contribution < -0.4 is 5.73 Å². The number of nitrogens with zero attached hydrogens (tertiary/aromatic N) is 1. The SMILES string of the molecule is Nc1noc(-c2ccc(Cl)s2)c1-c1ccc(Cl)c(Cl)c1. The van der Waals surface area contributed by atoms with Crippen molar-refractivity contribution in [2.45, 2.75) is 0 Å². The minimum atomic E-state index is 0.294. The summed E-state index contributed by atoms with van der Waals surface area (Å²) < 4.78 is 5.98. The highest BCUT2D eigenvalue weighted by molar-refractivity contribution is 7.19. The van der Waals surface area contributed by atoms with Crippen LogP contribution in [0.3, 0.4) is 0 Å². The van der Waals surface area contributed by atoms with Gasteiger partial charge in [0.2, 0.25) is 0 Å². The molecule has 1 aromatic carbocycles. The first-order valence-electron chi connectivity index (χ1n) is 5.52. The summed E-state index contributed by atoms with van der Waals surface area (Å²) in [4.78, 5) is 0.847. The Morgan fingerprint density at radius 1 is 1.05 bits per heavy atom. The molecule has 0 radical (unpaired) electrons. The van der Waals surface area contributed by atoms with Gasteiger partial charge in [-0.25, -0.2) is 0 Å². The summed E-state index contributed by atoms with van der Waals surface area (Å²) in [5.74, 6) is 0.862. The monoisotopic (exact) mass is 344 g/mol. The maximum atomic E-state index is 6.04. The fourth-order valence-electron chi connectivity index (χ4n) is 1.84. The third-order valence-corrected chi connectivity index (χ3v) is 4.69. The van der Waals surface area contributed by atoms with E-state index in [4.69, 9.17) is 45.1 Å². The number of rotatable bonds is 2. The molecule has 0 aliphatic carbocycles. The number of benzene rings is 1. The first kappa shape index (κ1) is 13.8. The number of aromatic nitrogens is 1. The minimum absolute atomic E-state index is 0.294. The summed E-state index contributed by atoms with van der Waals surface area (Å²) in [7, 11) is 0. The zero-order valence-electron chi connectivity index (χ0n) is 9.86. The summed E-state index contributed by atoms with van der Waals surface area (Å²) in [6, 6.07) is 8.89. The maximum Gasteiger partial charge on any atom is 0.186 e. The molecule has 0 amide bonds. The molecule has 3 rings (SSSR count). The van der Waals surface area contributed by atoms with Crippen molar-refractivity contribution in [2.24, 2.45) is 0 Å². The van der Waals surface area contributed by atoms with Gasteiger partial charge >= 0.3 is 0 Å². The largest absolute Gasteiger partial charge is 0.380 e. The number of halogens is 3. The summed E-state index contributed by atoms with van der Waals surface area (Å²) in [5, 5.41) is 4.74. The average Bonchev–Trinajstić information content (AvgIpc) is 2.99. The highest BCUT2D eigenvalue weighted by atomic mass is 35.5. The Morgan fingerprint density at radius 2 is 1.85 bits per heavy atom. The van der Waals surface area contributed by atoms with Crippen LogP contribution in [-0.2, 0) is 0 Å². The summed E-state index contributed by atoms with van der Waals surface area (Å²) in [5.41, 5.74) is 7.37. The molecule has 0 spiro atoms. The zero-order valence-corrected chi connectivity index (χ0v) is 12.9. The summed E-state index contributed by atoms with van der Waals surface area (Å²) in [6.07, 6.45) is 0. The number of thiophene rings is 1. The van der Waals surface area contributed by atoms with E-state index < -0.39 is 0 Å². The van der Waals surface area contributed by atoms with E-state index in [1.165, 1.54) is 11.3 Å². The van der Waals surface area contributed by atoms with Crippen molar-refractivity contribution in [1.82, 2.24) is 5.16 Å². The van der Waals surface area contributed by atoms with Crippen LogP contribution in [0.15, 0.2) is 34.9 Å². The van der Waals surface area contributed by atoms with Crippen LogP contribution >= 0.6 is 46.1 Å². The highest BCUT2D eigenvalue weighted by Crippen LogP contribution is 2.41. The van der Waals surface area contributed by atoms with Crippen LogP contribution in [0.1, 0.15) is 0 Å². The van der Waals surface area contributed by atoms with E-state index in [2.05, 4.69) is 5.16 Å². The van der Waals surface area contributed by atoms with Gasteiger partial charge < -0.3 is 10.3 Å². The quantitative estimate of drug-likeness (QED) is 0.656. The Bertz CT molecular complexity index is 782. The van der Waals surface area contributed by atoms with Crippen molar-refractivity contribution in [1.29, 1.82) is 0 Å². The molecule has 0 unspecified atom stereocenters. The van der Waals surface area contributed by atoms with Crippen LogP contribution in [0, 0.1) is 0 Å². The number of hydrogen-bond acceptors (Lipinski definition) is 4. The lowest BCUT2D eigenvalue weighted by Crippen LogP contribution is -1.88. The molecule has 7 heteroatoms. The Balaban J connectivity index is 2.18. The van der Waals surface area contributed by atoms with E-state index in [0.717, 1.165) is 10.4 Å². The average molecular weight is 346 g/mol. The smallest absolute Gasteiger partial charge is 0.186 e. The van der Waals surface area contributed by atoms with Crippen LogP contribution in [0.4, 0.5) is 5.82 Å². The van der Waals surface area contributed by atoms with Crippen molar-refractivity contribution in [2.75, 3.05) is 5.73 Å². The third kappa shape index (κ3) is 2.40. The number of anilines is 1. The fourth-order valence-corrected chi connectivity index (χ4v) is 3.16. The molecule has 2 heterocycles. The molecule has 0 aliphatic rings. The van der Waals surface area contributed by atoms with E-state index in [0.29, 0.717) is 31.5 Å². The van der Waals surface area contributed by atoms with Gasteiger partial charge in [-0.15, -0.1) is 11.3 Å². The Morgan fingerprint density at radius 3 is 2.50 bits per heavy atom. The zero-order chi connectivity index (χ0) is 14.3. The lowest BCUT2D eigenvalue weighted by molar-refractivity contribution is 0.437. The van der Waals surface area contributed by atoms with Gasteiger partial charge in [0.15, 0.2) is 11.6 Å². The Hall–Kier alpha value is -1.20. The standard InChI is InChI=1S/C13H7Cl3N2OS/c14-7-2-1-6(5-8(7)15)11-12(19-18-13(11)17)9-3-4-10(16)20-9/h1-5H,(H2,17,18). The molecule has 0 saturated heterocycles. The first-order chi connectivity index (χ1) is 9.56. The Kier molecular flexibility index (Phi) is 3.65. The molecule has 0 fully saturated rings. The molecule has 0 bridgehead atoms. The second-order valence-corrected chi connectivity index (χ2v) is 6.53. The molecule has 20 heavy (non-hydrogen) atoms. The molecule has 0 atom stereocenters. The highest BCUT2D eigenvalue weighted by Gasteiger charge is 2.19. The topological polar surface area (TPSA) is 52.0 Å². The van der Waals surface area contributed by atoms with Crippen LogP contribution in [0.5, 0.6) is 0 Å². The normalized spacial score (nSPS) is 10.9. The predicted octanol–water partition coefficient (Wildman–Crippen LogP) is 5.61. The van der Waals surface area contributed by atoms with Crippen molar-refractivity contribution in [3.63, 3.8) is 0 Å². The molecule has 3 aromatic rings. The first-order valence-corrected chi connectivity index (χ1v) is 7.47. The minimum Gasteiger partial charge on any atom is -0.380 e. The van der Waals surface area contributed by atoms with Crippen LogP contribution in [0.2, 0.25) is 14.4 Å². The van der Waals surface area contributed by atoms with Crippen molar-refractivity contribution < 1.29 is 4.52 Å². The van der Waals surface area contributed by atoms with Crippen molar-refractivity contribution in [3.05, 3.63) is 44.7 Å². The molecule has 2 N–H and O–H groups in total. The number of hydrogen-bond donors (Lipinski definition) is 1. The van der Waals surface area contributed by atoms with Crippen LogP contribution in [-0.4, -0.2) is 5.16 Å². The van der Waals surface area contributed by atoms with E-state index >= 15 is 0 Å². The second kappa shape index (κ2) is 5.30. The molecular weight excluding hydrogens is 339 g/mol. The van der Waals surface area contributed by atoms with Crippen LogP contribution in [0.25, 0.3) is 21.8 Å². The lowest BCUT2D eigenvalue weighted by Gasteiger charge is -2.03. The maximum absolute atomic E-state index is 6.04. The van der Waals surface area contributed by atoms with Crippen molar-refractivity contribution in [3.8, 4) is 21.8 Å². The molecule has 0 saturated carbocycles. The van der Waals surface area contributed by atoms with Gasteiger partial charge in [0.1, 0.15) is 0 Å². The van der Waals surface area contributed by atoms with Gasteiger partial charge in [0.05, 0.1) is 24.8 Å². The van der Waals surface area contributed by atoms with Gasteiger partial charge in [-0.05, 0) is 29.8 Å². The molecule has 0 aliphatic heterocycles. The molecule has 2 aromatic heterocycles.